The van der Waals surface area contributed by atoms with Crippen LogP contribution in [0.5, 0.6) is 0 Å². The van der Waals surface area contributed by atoms with Gasteiger partial charge in [-0.15, -0.1) is 15.7 Å². The zero-order chi connectivity index (χ0) is 19.9. The molecule has 28 heavy (non-hydrogen) atoms. The minimum Gasteiger partial charge on any atom is -0.355 e. The van der Waals surface area contributed by atoms with Crippen molar-refractivity contribution in [2.45, 2.75) is 24.3 Å². The number of likely N-dealkylation sites (tertiary alicyclic amines) is 1. The summed E-state index contributed by atoms with van der Waals surface area (Å²) in [5.41, 5.74) is 0.660. The summed E-state index contributed by atoms with van der Waals surface area (Å²) < 4.78 is 29.6. The summed E-state index contributed by atoms with van der Waals surface area (Å²) in [5.74, 6) is 0.613. The van der Waals surface area contributed by atoms with Gasteiger partial charge in [-0.25, -0.2) is 0 Å². The fraction of sp³-hybridized carbons (Fsp3) is 0.368. The van der Waals surface area contributed by atoms with Crippen molar-refractivity contribution in [3.8, 4) is 0 Å². The van der Waals surface area contributed by atoms with E-state index in [9.17, 15) is 13.2 Å². The van der Waals surface area contributed by atoms with Gasteiger partial charge in [-0.05, 0) is 53.0 Å². The largest absolute Gasteiger partial charge is 0.355 e. The minimum atomic E-state index is -3.61. The Balaban J connectivity index is 1.40. The summed E-state index contributed by atoms with van der Waals surface area (Å²) >= 11 is 5.08. The molecule has 3 heterocycles. The predicted octanol–water partition coefficient (Wildman–Crippen LogP) is 3.33. The molecule has 1 fully saturated rings. The highest BCUT2D eigenvalue weighted by atomic mass is 79.9. The van der Waals surface area contributed by atoms with Gasteiger partial charge in [0.15, 0.2) is 5.84 Å². The molecule has 0 bridgehead atoms. The first-order valence-electron chi connectivity index (χ1n) is 9.03. The van der Waals surface area contributed by atoms with Crippen molar-refractivity contribution in [3.05, 3.63) is 50.6 Å². The van der Waals surface area contributed by atoms with Crippen LogP contribution in [0.25, 0.3) is 0 Å². The maximum atomic E-state index is 12.8. The first-order valence-corrected chi connectivity index (χ1v) is 12.1. The van der Waals surface area contributed by atoms with E-state index in [1.807, 2.05) is 30.1 Å². The standard InChI is InChI=1S/C19H20BrN3O3S2/c1-22(12-14-6-7-17(20)27-14)19(24)13-8-10-23(11-9-13)18-15-4-2-3-5-16(15)28(25,26)21-18/h2-7,13H,8-12H2,1H3. The Kier molecular flexibility index (Phi) is 5.32. The van der Waals surface area contributed by atoms with Gasteiger partial charge >= 0.3 is 0 Å². The van der Waals surface area contributed by atoms with Crippen molar-refractivity contribution in [1.82, 2.24) is 9.80 Å². The highest BCUT2D eigenvalue weighted by Crippen LogP contribution is 2.30. The first kappa shape index (κ1) is 19.6. The van der Waals surface area contributed by atoms with Crippen molar-refractivity contribution in [3.63, 3.8) is 0 Å². The lowest BCUT2D eigenvalue weighted by atomic mass is 9.94. The highest BCUT2D eigenvalue weighted by Gasteiger charge is 2.35. The van der Waals surface area contributed by atoms with Crippen LogP contribution in [0, 0.1) is 5.92 Å². The summed E-state index contributed by atoms with van der Waals surface area (Å²) in [6, 6.07) is 10.9. The first-order chi connectivity index (χ1) is 13.3. The lowest BCUT2D eigenvalue weighted by Gasteiger charge is -2.34. The Bertz CT molecular complexity index is 1040. The fourth-order valence-electron chi connectivity index (χ4n) is 3.71. The molecule has 0 radical (unpaired) electrons. The van der Waals surface area contributed by atoms with Crippen LogP contribution in [-0.2, 0) is 21.4 Å². The lowest BCUT2D eigenvalue weighted by Crippen LogP contribution is -2.43. The van der Waals surface area contributed by atoms with E-state index < -0.39 is 10.0 Å². The third-order valence-corrected chi connectivity index (χ3v) is 8.09. The number of amides is 1. The van der Waals surface area contributed by atoms with E-state index in [4.69, 9.17) is 0 Å². The number of fused-ring (bicyclic) bond motifs is 1. The summed E-state index contributed by atoms with van der Waals surface area (Å²) in [6.45, 7) is 1.85. The number of thiophene rings is 1. The van der Waals surface area contributed by atoms with Gasteiger partial charge in [0.2, 0.25) is 5.91 Å². The van der Waals surface area contributed by atoms with Crippen LogP contribution in [0.15, 0.2) is 49.5 Å². The number of piperidine rings is 1. The third kappa shape index (κ3) is 3.75. The average Bonchev–Trinajstić information content (AvgIpc) is 3.22. The molecular weight excluding hydrogens is 462 g/mol. The Morgan fingerprint density at radius 3 is 2.64 bits per heavy atom. The van der Waals surface area contributed by atoms with Crippen molar-refractivity contribution >= 4 is 49.0 Å². The second-order valence-electron chi connectivity index (χ2n) is 7.05. The molecule has 2 aliphatic heterocycles. The second-order valence-corrected chi connectivity index (χ2v) is 11.2. The maximum absolute atomic E-state index is 12.8. The van der Waals surface area contributed by atoms with E-state index in [2.05, 4.69) is 20.3 Å². The van der Waals surface area contributed by atoms with E-state index in [0.717, 1.165) is 8.66 Å². The van der Waals surface area contributed by atoms with Crippen LogP contribution in [-0.4, -0.2) is 50.1 Å². The molecule has 0 atom stereocenters. The van der Waals surface area contributed by atoms with E-state index in [1.54, 1.807) is 34.4 Å². The van der Waals surface area contributed by atoms with Crippen molar-refractivity contribution in [1.29, 1.82) is 0 Å². The van der Waals surface area contributed by atoms with Crippen LogP contribution in [0.1, 0.15) is 23.3 Å². The molecule has 0 saturated carbocycles. The molecule has 0 N–H and O–H groups in total. The molecule has 4 rings (SSSR count). The van der Waals surface area contributed by atoms with Gasteiger partial charge in [0.1, 0.15) is 4.90 Å². The SMILES string of the molecule is CN(Cc1ccc(Br)s1)C(=O)C1CCN(C2=NS(=O)(=O)c3ccccc32)CC1. The predicted molar refractivity (Wildman–Crippen MR) is 113 cm³/mol. The van der Waals surface area contributed by atoms with Crippen molar-refractivity contribution < 1.29 is 13.2 Å². The van der Waals surface area contributed by atoms with E-state index in [0.29, 0.717) is 43.9 Å². The molecule has 2 aliphatic rings. The highest BCUT2D eigenvalue weighted by molar-refractivity contribution is 9.11. The Morgan fingerprint density at radius 2 is 1.96 bits per heavy atom. The van der Waals surface area contributed by atoms with E-state index in [1.165, 1.54) is 0 Å². The van der Waals surface area contributed by atoms with Crippen LogP contribution in [0.4, 0.5) is 0 Å². The van der Waals surface area contributed by atoms with Gasteiger partial charge in [-0.3, -0.25) is 4.79 Å². The Labute approximate surface area is 177 Å². The number of hydrogen-bond donors (Lipinski definition) is 0. The van der Waals surface area contributed by atoms with E-state index in [-0.39, 0.29) is 16.7 Å². The summed E-state index contributed by atoms with van der Waals surface area (Å²) in [5, 5.41) is 0. The molecule has 1 amide bonds. The molecule has 6 nitrogen and oxygen atoms in total. The number of rotatable bonds is 3. The molecule has 9 heteroatoms. The monoisotopic (exact) mass is 481 g/mol. The molecular formula is C19H20BrN3O3S2. The smallest absolute Gasteiger partial charge is 0.285 e. The van der Waals surface area contributed by atoms with Gasteiger partial charge < -0.3 is 9.80 Å². The normalized spacial score (nSPS) is 18.6. The second kappa shape index (κ2) is 7.61. The Hall–Kier alpha value is -1.71. The number of carbonyl (C=O) groups is 1. The number of amidine groups is 1. The topological polar surface area (TPSA) is 70.1 Å². The lowest BCUT2D eigenvalue weighted by molar-refractivity contribution is -0.135. The van der Waals surface area contributed by atoms with Gasteiger partial charge in [0.25, 0.3) is 10.0 Å². The summed E-state index contributed by atoms with van der Waals surface area (Å²) in [6.07, 6.45) is 1.39. The fourth-order valence-corrected chi connectivity index (χ4v) is 6.48. The van der Waals surface area contributed by atoms with Crippen LogP contribution < -0.4 is 0 Å². The number of benzene rings is 1. The molecule has 1 saturated heterocycles. The molecule has 0 unspecified atom stereocenters. The number of sulfonamides is 1. The molecule has 2 aromatic rings. The number of halogens is 1. The van der Waals surface area contributed by atoms with Gasteiger partial charge in [-0.1, -0.05) is 12.1 Å². The molecule has 148 valence electrons. The zero-order valence-electron chi connectivity index (χ0n) is 15.3. The number of carbonyl (C=O) groups excluding carboxylic acids is 1. The molecule has 0 spiro atoms. The zero-order valence-corrected chi connectivity index (χ0v) is 18.6. The molecule has 0 aliphatic carbocycles. The number of nitrogens with zero attached hydrogens (tertiary/aromatic N) is 3. The minimum absolute atomic E-state index is 0.0430. The summed E-state index contributed by atoms with van der Waals surface area (Å²) in [4.78, 5) is 18.0. The van der Waals surface area contributed by atoms with Crippen LogP contribution >= 0.6 is 27.3 Å². The van der Waals surface area contributed by atoms with Crippen molar-refractivity contribution in [2.75, 3.05) is 20.1 Å². The van der Waals surface area contributed by atoms with Crippen LogP contribution in [0.3, 0.4) is 0 Å². The Morgan fingerprint density at radius 1 is 1.25 bits per heavy atom. The van der Waals surface area contributed by atoms with Crippen LogP contribution in [0.2, 0.25) is 0 Å². The van der Waals surface area contributed by atoms with Gasteiger partial charge in [0.05, 0.1) is 10.3 Å². The maximum Gasteiger partial charge on any atom is 0.285 e. The molecule has 1 aromatic carbocycles. The van der Waals surface area contributed by atoms with Gasteiger partial charge in [-0.2, -0.15) is 8.42 Å². The third-order valence-electron chi connectivity index (χ3n) is 5.15. The number of hydrogen-bond acceptors (Lipinski definition) is 5. The summed E-state index contributed by atoms with van der Waals surface area (Å²) in [7, 11) is -1.77. The average molecular weight is 482 g/mol. The van der Waals surface area contributed by atoms with Gasteiger partial charge in [0, 0.05) is 36.5 Å². The molecule has 1 aromatic heterocycles. The van der Waals surface area contributed by atoms with E-state index >= 15 is 0 Å². The quantitative estimate of drug-likeness (QED) is 0.673. The van der Waals surface area contributed by atoms with Crippen molar-refractivity contribution in [2.24, 2.45) is 10.3 Å².